The summed E-state index contributed by atoms with van der Waals surface area (Å²) in [6.07, 6.45) is 24.6. The smallest absolute Gasteiger partial charge is 0.303 e. The number of hydrogen-bond acceptors (Lipinski definition) is 3. The van der Waals surface area contributed by atoms with Crippen LogP contribution in [0.5, 0.6) is 0 Å². The number of aliphatic hydroxyl groups is 2. The van der Waals surface area contributed by atoms with E-state index in [1.807, 2.05) is 73.8 Å². The van der Waals surface area contributed by atoms with E-state index >= 15 is 0 Å². The van der Waals surface area contributed by atoms with Crippen LogP contribution in [0.15, 0.2) is 72.9 Å². The second-order valence-corrected chi connectivity index (χ2v) is 6.29. The zero-order chi connectivity index (χ0) is 20.3. The Morgan fingerprint density at radius 2 is 1.52 bits per heavy atom. The van der Waals surface area contributed by atoms with Gasteiger partial charge < -0.3 is 15.3 Å². The quantitative estimate of drug-likeness (QED) is 0.303. The lowest BCUT2D eigenvalue weighted by Crippen LogP contribution is -2.17. The van der Waals surface area contributed by atoms with Gasteiger partial charge in [0.1, 0.15) is 0 Å². The van der Waals surface area contributed by atoms with Gasteiger partial charge in [0.15, 0.2) is 0 Å². The third-order valence-corrected chi connectivity index (χ3v) is 3.78. The Kier molecular flexibility index (Phi) is 15.9. The van der Waals surface area contributed by atoms with Crippen LogP contribution in [-0.4, -0.2) is 33.5 Å². The fraction of sp³-hybridized carbons (Fsp3) is 0.435. The summed E-state index contributed by atoms with van der Waals surface area (Å²) >= 11 is 0. The average molecular weight is 375 g/mol. The Morgan fingerprint density at radius 1 is 0.889 bits per heavy atom. The number of carboxylic acids is 1. The maximum atomic E-state index is 10.5. The molecule has 4 nitrogen and oxygen atoms in total. The Balaban J connectivity index is 3.98. The molecule has 0 aliphatic heterocycles. The molecule has 150 valence electrons. The van der Waals surface area contributed by atoms with Crippen LogP contribution in [0.4, 0.5) is 0 Å². The van der Waals surface area contributed by atoms with E-state index in [0.29, 0.717) is 6.42 Å². The maximum Gasteiger partial charge on any atom is 0.303 e. The number of aliphatic carboxylic acids is 1. The van der Waals surface area contributed by atoms with E-state index in [0.717, 1.165) is 12.8 Å². The molecule has 27 heavy (non-hydrogen) atoms. The second kappa shape index (κ2) is 17.3. The van der Waals surface area contributed by atoms with Crippen molar-refractivity contribution in [3.05, 3.63) is 72.9 Å². The normalized spacial score (nSPS) is 16.6. The summed E-state index contributed by atoms with van der Waals surface area (Å²) in [5, 5.41) is 28.1. The molecule has 0 heterocycles. The minimum atomic E-state index is -0.889. The van der Waals surface area contributed by atoms with Gasteiger partial charge in [-0.15, -0.1) is 0 Å². The minimum absolute atomic E-state index is 0.0184. The van der Waals surface area contributed by atoms with Crippen molar-refractivity contribution in [3.8, 4) is 0 Å². The minimum Gasteiger partial charge on any atom is -0.481 e. The molecule has 0 saturated heterocycles. The molecule has 0 unspecified atom stereocenters. The zero-order valence-electron chi connectivity index (χ0n) is 16.4. The summed E-state index contributed by atoms with van der Waals surface area (Å²) < 4.78 is 0. The van der Waals surface area contributed by atoms with E-state index in [1.165, 1.54) is 0 Å². The molecule has 0 aromatic rings. The van der Waals surface area contributed by atoms with Gasteiger partial charge in [0.05, 0.1) is 12.2 Å². The van der Waals surface area contributed by atoms with E-state index in [9.17, 15) is 15.0 Å². The molecule has 3 atom stereocenters. The number of hydrogen-bond donors (Lipinski definition) is 3. The summed E-state index contributed by atoms with van der Waals surface area (Å²) in [6.45, 7) is 3.93. The molecule has 0 aromatic carbocycles. The van der Waals surface area contributed by atoms with Gasteiger partial charge in [0.2, 0.25) is 0 Å². The first kappa shape index (κ1) is 24.8. The Bertz CT molecular complexity index is 553. The van der Waals surface area contributed by atoms with Gasteiger partial charge in [0.25, 0.3) is 0 Å². The van der Waals surface area contributed by atoms with Gasteiger partial charge in [-0.2, -0.15) is 0 Å². The van der Waals surface area contributed by atoms with E-state index in [4.69, 9.17) is 5.11 Å². The molecule has 0 rings (SSSR count). The molecule has 4 heteroatoms. The highest BCUT2D eigenvalue weighted by molar-refractivity contribution is 5.66. The van der Waals surface area contributed by atoms with Crippen molar-refractivity contribution >= 4 is 5.97 Å². The van der Waals surface area contributed by atoms with Crippen molar-refractivity contribution in [1.82, 2.24) is 0 Å². The molecule has 0 saturated carbocycles. The van der Waals surface area contributed by atoms with Crippen molar-refractivity contribution in [2.24, 2.45) is 5.92 Å². The molecular formula is C23H34O4. The standard InChI is InChI=1S/C23H34O4/c1-3-4-12-16-21(24)17-14-11-9-7-5-6-8-10-13-15-20(2)22(25)18-19-23(26)27/h4-6,8-15,17,20-22,24-25H,3,7,16,18-19H2,1-2H3,(H,26,27)/b6-5-,10-8+,11-9-,12-4-,15-13+,17-14+/t20-,21+,22+/m1/s1. The van der Waals surface area contributed by atoms with Crippen molar-refractivity contribution in [2.75, 3.05) is 0 Å². The third-order valence-electron chi connectivity index (χ3n) is 3.78. The average Bonchev–Trinajstić information content (AvgIpc) is 2.64. The van der Waals surface area contributed by atoms with Crippen molar-refractivity contribution < 1.29 is 20.1 Å². The molecule has 0 bridgehead atoms. The summed E-state index contributed by atoms with van der Waals surface area (Å²) in [7, 11) is 0. The van der Waals surface area contributed by atoms with Crippen LogP contribution >= 0.6 is 0 Å². The van der Waals surface area contributed by atoms with Gasteiger partial charge in [-0.3, -0.25) is 4.79 Å². The van der Waals surface area contributed by atoms with Crippen LogP contribution in [0.1, 0.15) is 46.0 Å². The highest BCUT2D eigenvalue weighted by atomic mass is 16.4. The van der Waals surface area contributed by atoms with Crippen LogP contribution in [0.3, 0.4) is 0 Å². The first-order valence-electron chi connectivity index (χ1n) is 9.53. The zero-order valence-corrected chi connectivity index (χ0v) is 16.4. The van der Waals surface area contributed by atoms with Crippen LogP contribution < -0.4 is 0 Å². The molecular weight excluding hydrogens is 340 g/mol. The molecule has 0 aliphatic carbocycles. The number of allylic oxidation sites excluding steroid dienone is 9. The van der Waals surface area contributed by atoms with E-state index in [1.54, 1.807) is 6.08 Å². The second-order valence-electron chi connectivity index (χ2n) is 6.29. The highest BCUT2D eigenvalue weighted by Crippen LogP contribution is 2.10. The highest BCUT2D eigenvalue weighted by Gasteiger charge is 2.12. The largest absolute Gasteiger partial charge is 0.481 e. The number of rotatable bonds is 14. The molecule has 3 N–H and O–H groups in total. The maximum absolute atomic E-state index is 10.5. The van der Waals surface area contributed by atoms with Gasteiger partial charge in [0, 0.05) is 12.3 Å². The summed E-state index contributed by atoms with van der Waals surface area (Å²) in [5.74, 6) is -0.972. The first-order valence-corrected chi connectivity index (χ1v) is 9.53. The van der Waals surface area contributed by atoms with E-state index in [-0.39, 0.29) is 18.8 Å². The Hall–Kier alpha value is -2.17. The molecule has 0 fully saturated rings. The Labute approximate surface area is 163 Å². The molecule has 0 amide bonds. The third kappa shape index (κ3) is 17.0. The topological polar surface area (TPSA) is 77.8 Å². The fourth-order valence-corrected chi connectivity index (χ4v) is 2.10. The molecule has 0 radical (unpaired) electrons. The molecule has 0 aliphatic rings. The van der Waals surface area contributed by atoms with Crippen LogP contribution in [-0.2, 0) is 4.79 Å². The van der Waals surface area contributed by atoms with Crippen molar-refractivity contribution in [1.29, 1.82) is 0 Å². The van der Waals surface area contributed by atoms with Gasteiger partial charge in [-0.05, 0) is 25.7 Å². The SMILES string of the molecule is CC/C=C\C[C@H](O)/C=C/C=C\C\C=C/C=C/C=C/[C@@H](C)[C@@H](O)CCC(=O)O. The van der Waals surface area contributed by atoms with E-state index < -0.39 is 18.2 Å². The van der Waals surface area contributed by atoms with E-state index in [2.05, 4.69) is 6.92 Å². The predicted octanol–water partition coefficient (Wildman–Crippen LogP) is 4.74. The van der Waals surface area contributed by atoms with Crippen molar-refractivity contribution in [3.63, 3.8) is 0 Å². The summed E-state index contributed by atoms with van der Waals surface area (Å²) in [4.78, 5) is 10.5. The summed E-state index contributed by atoms with van der Waals surface area (Å²) in [5.41, 5.74) is 0. The van der Waals surface area contributed by atoms with Crippen molar-refractivity contribution in [2.45, 2.75) is 58.2 Å². The first-order chi connectivity index (χ1) is 13.0. The monoisotopic (exact) mass is 374 g/mol. The lowest BCUT2D eigenvalue weighted by atomic mass is 10.00. The van der Waals surface area contributed by atoms with Crippen LogP contribution in [0.2, 0.25) is 0 Å². The van der Waals surface area contributed by atoms with Gasteiger partial charge in [-0.1, -0.05) is 86.8 Å². The predicted molar refractivity (Wildman–Crippen MR) is 112 cm³/mol. The van der Waals surface area contributed by atoms with Gasteiger partial charge >= 0.3 is 5.97 Å². The van der Waals surface area contributed by atoms with Crippen LogP contribution in [0, 0.1) is 5.92 Å². The Morgan fingerprint density at radius 3 is 2.19 bits per heavy atom. The lowest BCUT2D eigenvalue weighted by molar-refractivity contribution is -0.137. The summed E-state index contributed by atoms with van der Waals surface area (Å²) in [6, 6.07) is 0. The number of carbonyl (C=O) groups is 1. The van der Waals surface area contributed by atoms with Gasteiger partial charge in [-0.25, -0.2) is 0 Å². The fourth-order valence-electron chi connectivity index (χ4n) is 2.10. The van der Waals surface area contributed by atoms with Crippen LogP contribution in [0.25, 0.3) is 0 Å². The molecule has 0 spiro atoms. The lowest BCUT2D eigenvalue weighted by Gasteiger charge is -2.13. The number of aliphatic hydroxyl groups excluding tert-OH is 2. The molecule has 0 aromatic heterocycles. The number of carboxylic acid groups (broad SMARTS) is 1.